The number of carbonyl (C=O) groups is 1. The smallest absolute Gasteiger partial charge is 0.223 e. The largest absolute Gasteiger partial charge is 0.343 e. The van der Waals surface area contributed by atoms with Gasteiger partial charge in [-0.1, -0.05) is 0 Å². The fraction of sp³-hybridized carbons (Fsp3) is 0.750. The molecule has 0 aromatic carbocycles. The highest BCUT2D eigenvalue weighted by atomic mass is 16.2. The second kappa shape index (κ2) is 4.11. The van der Waals surface area contributed by atoms with Crippen LogP contribution in [0.1, 0.15) is 25.7 Å². The van der Waals surface area contributed by atoms with E-state index in [2.05, 4.69) is 0 Å². The number of carbonyl (C=O) groups excluding carboxylic acids is 2. The lowest BCUT2D eigenvalue weighted by molar-refractivity contribution is -0.129. The van der Waals surface area contributed by atoms with Gasteiger partial charge in [0.2, 0.25) is 5.91 Å². The monoisotopic (exact) mass is 154 g/mol. The van der Waals surface area contributed by atoms with E-state index in [9.17, 15) is 9.59 Å². The molecule has 1 amide bonds. The Bertz CT molecular complexity index is 150. The van der Waals surface area contributed by atoms with Crippen LogP contribution < -0.4 is 0 Å². The first-order valence-corrected chi connectivity index (χ1v) is 3.97. The van der Waals surface area contributed by atoms with Crippen LogP contribution in [0.2, 0.25) is 0 Å². The van der Waals surface area contributed by atoms with Crippen molar-refractivity contribution in [1.82, 2.24) is 4.90 Å². The second-order valence-corrected chi connectivity index (χ2v) is 2.73. The molecule has 1 fully saturated rings. The molecule has 0 atom stereocenters. The molecular formula is C8H12NO2. The minimum Gasteiger partial charge on any atom is -0.343 e. The van der Waals surface area contributed by atoms with E-state index in [0.29, 0.717) is 6.42 Å². The summed E-state index contributed by atoms with van der Waals surface area (Å²) in [5.74, 6) is 0.103. The van der Waals surface area contributed by atoms with Crippen molar-refractivity contribution in [3.05, 3.63) is 0 Å². The first-order chi connectivity index (χ1) is 5.34. The fourth-order valence-electron chi connectivity index (χ4n) is 1.28. The second-order valence-electron chi connectivity index (χ2n) is 2.73. The molecule has 11 heavy (non-hydrogen) atoms. The molecule has 61 valence electrons. The Morgan fingerprint density at radius 3 is 2.55 bits per heavy atom. The Labute approximate surface area is 66.4 Å². The SMILES string of the molecule is O=[C]CCC(=O)N1CCCC1. The summed E-state index contributed by atoms with van der Waals surface area (Å²) in [6.45, 7) is 1.75. The zero-order valence-electron chi connectivity index (χ0n) is 6.51. The number of likely N-dealkylation sites (tertiary alicyclic amines) is 1. The summed E-state index contributed by atoms with van der Waals surface area (Å²) in [6.07, 6.45) is 4.52. The van der Waals surface area contributed by atoms with Crippen LogP contribution in [0.3, 0.4) is 0 Å². The molecular weight excluding hydrogens is 142 g/mol. The van der Waals surface area contributed by atoms with Gasteiger partial charge in [-0.3, -0.25) is 9.59 Å². The van der Waals surface area contributed by atoms with Crippen molar-refractivity contribution in [3.8, 4) is 0 Å². The van der Waals surface area contributed by atoms with Crippen molar-refractivity contribution in [1.29, 1.82) is 0 Å². The highest BCUT2D eigenvalue weighted by molar-refractivity contribution is 5.78. The lowest BCUT2D eigenvalue weighted by atomic mass is 10.3. The average Bonchev–Trinajstić information content (AvgIpc) is 2.52. The third-order valence-electron chi connectivity index (χ3n) is 1.90. The van der Waals surface area contributed by atoms with E-state index in [4.69, 9.17) is 0 Å². The zero-order chi connectivity index (χ0) is 8.10. The van der Waals surface area contributed by atoms with Crippen LogP contribution in [-0.4, -0.2) is 30.2 Å². The molecule has 0 bridgehead atoms. The molecule has 3 heteroatoms. The number of rotatable bonds is 3. The summed E-state index contributed by atoms with van der Waals surface area (Å²) in [4.78, 5) is 22.8. The Hall–Kier alpha value is -0.860. The van der Waals surface area contributed by atoms with Gasteiger partial charge in [0.05, 0.1) is 0 Å². The van der Waals surface area contributed by atoms with E-state index < -0.39 is 0 Å². The standard InChI is InChI=1S/C8H12NO2/c10-7-3-4-8(11)9-5-1-2-6-9/h1-6H2. The molecule has 1 saturated heterocycles. The molecule has 0 aromatic rings. The van der Waals surface area contributed by atoms with Crippen molar-refractivity contribution in [2.24, 2.45) is 0 Å². The van der Waals surface area contributed by atoms with Crippen molar-refractivity contribution < 1.29 is 9.59 Å². The van der Waals surface area contributed by atoms with E-state index >= 15 is 0 Å². The Kier molecular flexibility index (Phi) is 3.08. The van der Waals surface area contributed by atoms with Gasteiger partial charge in [-0.15, -0.1) is 0 Å². The first kappa shape index (κ1) is 8.24. The van der Waals surface area contributed by atoms with Crippen LogP contribution in [0.5, 0.6) is 0 Å². The van der Waals surface area contributed by atoms with Crippen molar-refractivity contribution in [2.75, 3.05) is 13.1 Å². The van der Waals surface area contributed by atoms with Crippen LogP contribution in [0.15, 0.2) is 0 Å². The zero-order valence-corrected chi connectivity index (χ0v) is 6.51. The molecule has 1 heterocycles. The third kappa shape index (κ3) is 2.33. The predicted molar refractivity (Wildman–Crippen MR) is 40.7 cm³/mol. The third-order valence-corrected chi connectivity index (χ3v) is 1.90. The average molecular weight is 154 g/mol. The Morgan fingerprint density at radius 2 is 2.00 bits per heavy atom. The van der Waals surface area contributed by atoms with E-state index in [1.807, 2.05) is 4.90 Å². The minimum atomic E-state index is 0.103. The van der Waals surface area contributed by atoms with Gasteiger partial charge in [0.1, 0.15) is 0 Å². The lowest BCUT2D eigenvalue weighted by Crippen LogP contribution is -2.27. The number of hydrogen-bond donors (Lipinski definition) is 0. The molecule has 0 N–H and O–H groups in total. The van der Waals surface area contributed by atoms with Crippen molar-refractivity contribution in [2.45, 2.75) is 25.7 Å². The Morgan fingerprint density at radius 1 is 1.36 bits per heavy atom. The molecule has 1 aliphatic rings. The maximum absolute atomic E-state index is 11.2. The summed E-state index contributed by atoms with van der Waals surface area (Å²) >= 11 is 0. The highest BCUT2D eigenvalue weighted by Crippen LogP contribution is 2.08. The lowest BCUT2D eigenvalue weighted by Gasteiger charge is -2.13. The molecule has 1 aliphatic heterocycles. The summed E-state index contributed by atoms with van der Waals surface area (Å²) in [5, 5.41) is 0. The van der Waals surface area contributed by atoms with Gasteiger partial charge in [-0.2, -0.15) is 0 Å². The van der Waals surface area contributed by atoms with Crippen LogP contribution >= 0.6 is 0 Å². The van der Waals surface area contributed by atoms with Crippen LogP contribution in [-0.2, 0) is 9.59 Å². The predicted octanol–water partition coefficient (Wildman–Crippen LogP) is 0.499. The van der Waals surface area contributed by atoms with Crippen LogP contribution in [0, 0.1) is 0 Å². The van der Waals surface area contributed by atoms with Crippen LogP contribution in [0.25, 0.3) is 0 Å². The van der Waals surface area contributed by atoms with Gasteiger partial charge < -0.3 is 4.90 Å². The Balaban J connectivity index is 2.22. The summed E-state index contributed by atoms with van der Waals surface area (Å²) < 4.78 is 0. The topological polar surface area (TPSA) is 37.4 Å². The maximum atomic E-state index is 11.2. The van der Waals surface area contributed by atoms with Gasteiger partial charge in [0.25, 0.3) is 0 Å². The summed E-state index contributed by atoms with van der Waals surface area (Å²) in [5.41, 5.74) is 0. The van der Waals surface area contributed by atoms with Crippen molar-refractivity contribution in [3.63, 3.8) is 0 Å². The molecule has 1 radical (unpaired) electrons. The molecule has 0 aliphatic carbocycles. The minimum absolute atomic E-state index is 0.103. The number of amides is 1. The molecule has 3 nitrogen and oxygen atoms in total. The van der Waals surface area contributed by atoms with Gasteiger partial charge in [-0.05, 0) is 12.8 Å². The maximum Gasteiger partial charge on any atom is 0.223 e. The van der Waals surface area contributed by atoms with Crippen LogP contribution in [0.4, 0.5) is 0 Å². The normalized spacial score (nSPS) is 16.9. The van der Waals surface area contributed by atoms with E-state index in [1.165, 1.54) is 0 Å². The fourth-order valence-corrected chi connectivity index (χ4v) is 1.28. The highest BCUT2D eigenvalue weighted by Gasteiger charge is 2.16. The number of nitrogens with zero attached hydrogens (tertiary/aromatic N) is 1. The van der Waals surface area contributed by atoms with Gasteiger partial charge in [-0.25, -0.2) is 0 Å². The quantitative estimate of drug-likeness (QED) is 0.593. The van der Waals surface area contributed by atoms with Gasteiger partial charge in [0, 0.05) is 25.9 Å². The first-order valence-electron chi connectivity index (χ1n) is 3.97. The molecule has 0 spiro atoms. The van der Waals surface area contributed by atoms with E-state index in [-0.39, 0.29) is 12.3 Å². The number of hydrogen-bond acceptors (Lipinski definition) is 2. The van der Waals surface area contributed by atoms with Crippen molar-refractivity contribution >= 4 is 12.2 Å². The molecule has 0 aromatic heterocycles. The molecule has 1 rings (SSSR count). The molecule has 0 unspecified atom stereocenters. The van der Waals surface area contributed by atoms with Gasteiger partial charge >= 0.3 is 0 Å². The molecule has 0 saturated carbocycles. The van der Waals surface area contributed by atoms with E-state index in [1.54, 1.807) is 6.29 Å². The van der Waals surface area contributed by atoms with Gasteiger partial charge in [0.15, 0.2) is 6.29 Å². The summed E-state index contributed by atoms with van der Waals surface area (Å²) in [6, 6.07) is 0. The summed E-state index contributed by atoms with van der Waals surface area (Å²) in [7, 11) is 0. The van der Waals surface area contributed by atoms with E-state index in [0.717, 1.165) is 25.9 Å².